The molecule has 0 bridgehead atoms. The Kier molecular flexibility index (Phi) is 1.97. The lowest BCUT2D eigenvalue weighted by molar-refractivity contribution is 0.138. The zero-order valence-corrected chi connectivity index (χ0v) is 8.80. The third-order valence-corrected chi connectivity index (χ3v) is 2.76. The molecule has 0 fully saturated rings. The molecule has 1 aliphatic heterocycles. The number of methoxy groups -OCH3 is 1. The topological polar surface area (TPSA) is 51.6 Å². The van der Waals surface area contributed by atoms with Crippen molar-refractivity contribution in [1.82, 2.24) is 4.98 Å². The summed E-state index contributed by atoms with van der Waals surface area (Å²) in [6.45, 7) is 0.245. The number of pyridine rings is 1. The van der Waals surface area contributed by atoms with Gasteiger partial charge in [0.2, 0.25) is 5.88 Å². The number of fused-ring (bicyclic) bond motifs is 2. The van der Waals surface area contributed by atoms with E-state index in [4.69, 9.17) is 9.47 Å². The van der Waals surface area contributed by atoms with Crippen molar-refractivity contribution in [1.29, 1.82) is 0 Å². The summed E-state index contributed by atoms with van der Waals surface area (Å²) in [5.74, 6) is 1.13. The van der Waals surface area contributed by atoms with Crippen LogP contribution < -0.4 is 9.47 Å². The molecular formula is C12H11NO3. The summed E-state index contributed by atoms with van der Waals surface area (Å²) in [5.41, 5.74) is 1.47. The molecule has 0 saturated carbocycles. The highest BCUT2D eigenvalue weighted by Gasteiger charge is 2.29. The first kappa shape index (κ1) is 9.42. The lowest BCUT2D eigenvalue weighted by Crippen LogP contribution is -1.99. The Labute approximate surface area is 92.4 Å². The van der Waals surface area contributed by atoms with E-state index >= 15 is 0 Å². The second-order valence-corrected chi connectivity index (χ2v) is 3.71. The van der Waals surface area contributed by atoms with Gasteiger partial charge in [0.05, 0.1) is 18.2 Å². The second kappa shape index (κ2) is 3.35. The molecular weight excluding hydrogens is 206 g/mol. The van der Waals surface area contributed by atoms with E-state index in [1.165, 1.54) is 0 Å². The zero-order valence-electron chi connectivity index (χ0n) is 8.80. The van der Waals surface area contributed by atoms with Gasteiger partial charge in [-0.15, -0.1) is 0 Å². The summed E-state index contributed by atoms with van der Waals surface area (Å²) in [5, 5.41) is 10.7. The van der Waals surface area contributed by atoms with Gasteiger partial charge < -0.3 is 14.6 Å². The van der Waals surface area contributed by atoms with Gasteiger partial charge in [0, 0.05) is 5.39 Å². The van der Waals surface area contributed by atoms with Crippen LogP contribution in [0.5, 0.6) is 11.6 Å². The predicted octanol–water partition coefficient (Wildman–Crippen LogP) is 1.67. The highest BCUT2D eigenvalue weighted by atomic mass is 16.5. The summed E-state index contributed by atoms with van der Waals surface area (Å²) in [6, 6.07) is 7.65. The first-order valence-corrected chi connectivity index (χ1v) is 5.08. The molecule has 0 radical (unpaired) electrons. The van der Waals surface area contributed by atoms with Crippen LogP contribution in [0.4, 0.5) is 0 Å². The van der Waals surface area contributed by atoms with Crippen LogP contribution in [-0.2, 0) is 0 Å². The third kappa shape index (κ3) is 1.17. The number of hydrogen-bond donors (Lipinski definition) is 1. The van der Waals surface area contributed by atoms with Crippen LogP contribution in [0.15, 0.2) is 24.3 Å². The molecule has 1 N–H and O–H groups in total. The van der Waals surface area contributed by atoms with Gasteiger partial charge in [-0.25, -0.2) is 4.98 Å². The number of aromatic nitrogens is 1. The average molecular weight is 217 g/mol. The van der Waals surface area contributed by atoms with Crippen LogP contribution in [-0.4, -0.2) is 23.8 Å². The summed E-state index contributed by atoms with van der Waals surface area (Å²) in [6.07, 6.45) is -0.651. The predicted molar refractivity (Wildman–Crippen MR) is 58.7 cm³/mol. The summed E-state index contributed by atoms with van der Waals surface area (Å²) >= 11 is 0. The van der Waals surface area contributed by atoms with Crippen LogP contribution in [0.2, 0.25) is 0 Å². The lowest BCUT2D eigenvalue weighted by Gasteiger charge is -2.10. The minimum absolute atomic E-state index is 0.245. The second-order valence-electron chi connectivity index (χ2n) is 3.71. The first-order chi connectivity index (χ1) is 7.81. The highest BCUT2D eigenvalue weighted by Crippen LogP contribution is 2.41. The van der Waals surface area contributed by atoms with Gasteiger partial charge in [0.1, 0.15) is 18.5 Å². The van der Waals surface area contributed by atoms with E-state index in [-0.39, 0.29) is 6.61 Å². The van der Waals surface area contributed by atoms with Crippen molar-refractivity contribution in [2.45, 2.75) is 6.10 Å². The molecule has 0 spiro atoms. The molecule has 0 aliphatic carbocycles. The average Bonchev–Trinajstić information content (AvgIpc) is 2.68. The summed E-state index contributed by atoms with van der Waals surface area (Å²) < 4.78 is 10.7. The molecule has 3 rings (SSSR count). The number of aliphatic hydroxyl groups excluding tert-OH is 1. The Balaban J connectivity index is 2.40. The third-order valence-electron chi connectivity index (χ3n) is 2.76. The molecule has 2 aromatic rings. The van der Waals surface area contributed by atoms with Crippen molar-refractivity contribution in [2.24, 2.45) is 0 Å². The number of rotatable bonds is 1. The zero-order chi connectivity index (χ0) is 11.1. The molecule has 1 aromatic heterocycles. The van der Waals surface area contributed by atoms with Crippen LogP contribution in [0.3, 0.4) is 0 Å². The largest absolute Gasteiger partial charge is 0.495 e. The SMILES string of the molecule is COc1c2c(nc3ccccc13)OCC2O. The smallest absolute Gasteiger partial charge is 0.223 e. The maximum Gasteiger partial charge on any atom is 0.223 e. The van der Waals surface area contributed by atoms with Crippen molar-refractivity contribution < 1.29 is 14.6 Å². The molecule has 4 heteroatoms. The molecule has 1 aromatic carbocycles. The van der Waals surface area contributed by atoms with E-state index < -0.39 is 6.10 Å². The molecule has 4 nitrogen and oxygen atoms in total. The van der Waals surface area contributed by atoms with Crippen LogP contribution in [0, 0.1) is 0 Å². The number of benzene rings is 1. The number of aliphatic hydroxyl groups is 1. The standard InChI is InChI=1S/C12H11NO3/c1-15-11-7-4-2-3-5-8(7)13-12-10(11)9(14)6-16-12/h2-5,9,14H,6H2,1H3. The van der Waals surface area contributed by atoms with E-state index in [9.17, 15) is 5.11 Å². The van der Waals surface area contributed by atoms with E-state index in [0.717, 1.165) is 10.9 Å². The maximum atomic E-state index is 9.81. The van der Waals surface area contributed by atoms with Crippen molar-refractivity contribution in [3.8, 4) is 11.6 Å². The molecule has 2 heterocycles. The molecule has 1 atom stereocenters. The molecule has 1 unspecified atom stereocenters. The Morgan fingerprint density at radius 1 is 1.44 bits per heavy atom. The molecule has 82 valence electrons. The minimum atomic E-state index is -0.651. The van der Waals surface area contributed by atoms with Crippen molar-refractivity contribution in [3.63, 3.8) is 0 Å². The van der Waals surface area contributed by atoms with Gasteiger partial charge in [0.15, 0.2) is 0 Å². The van der Waals surface area contributed by atoms with Crippen molar-refractivity contribution in [3.05, 3.63) is 29.8 Å². The summed E-state index contributed by atoms with van der Waals surface area (Å²) in [4.78, 5) is 4.35. The van der Waals surface area contributed by atoms with Gasteiger partial charge in [0.25, 0.3) is 0 Å². The fourth-order valence-electron chi connectivity index (χ4n) is 2.04. The highest BCUT2D eigenvalue weighted by molar-refractivity contribution is 5.87. The number of para-hydroxylation sites is 1. The van der Waals surface area contributed by atoms with Gasteiger partial charge in [-0.05, 0) is 12.1 Å². The summed E-state index contributed by atoms with van der Waals surface area (Å²) in [7, 11) is 1.59. The normalized spacial score (nSPS) is 18.2. The molecule has 1 aliphatic rings. The Morgan fingerprint density at radius 2 is 2.25 bits per heavy atom. The monoisotopic (exact) mass is 217 g/mol. The van der Waals surface area contributed by atoms with E-state index in [1.807, 2.05) is 24.3 Å². The maximum absolute atomic E-state index is 9.81. The van der Waals surface area contributed by atoms with E-state index in [0.29, 0.717) is 17.2 Å². The van der Waals surface area contributed by atoms with Crippen LogP contribution in [0.25, 0.3) is 10.9 Å². The molecule has 0 saturated heterocycles. The lowest BCUT2D eigenvalue weighted by atomic mass is 10.1. The quantitative estimate of drug-likeness (QED) is 0.789. The first-order valence-electron chi connectivity index (χ1n) is 5.08. The fourth-order valence-corrected chi connectivity index (χ4v) is 2.04. The Morgan fingerprint density at radius 3 is 3.06 bits per heavy atom. The number of ether oxygens (including phenoxy) is 2. The fraction of sp³-hybridized carbons (Fsp3) is 0.250. The van der Waals surface area contributed by atoms with Crippen molar-refractivity contribution >= 4 is 10.9 Å². The van der Waals surface area contributed by atoms with Gasteiger partial charge in [-0.1, -0.05) is 12.1 Å². The Hall–Kier alpha value is -1.81. The van der Waals surface area contributed by atoms with Crippen LogP contribution >= 0.6 is 0 Å². The Bertz CT molecular complexity index is 553. The number of hydrogen-bond acceptors (Lipinski definition) is 4. The van der Waals surface area contributed by atoms with E-state index in [2.05, 4.69) is 4.98 Å². The number of nitrogens with zero attached hydrogens (tertiary/aromatic N) is 1. The van der Waals surface area contributed by atoms with Gasteiger partial charge >= 0.3 is 0 Å². The van der Waals surface area contributed by atoms with Crippen molar-refractivity contribution in [2.75, 3.05) is 13.7 Å². The van der Waals surface area contributed by atoms with Crippen LogP contribution in [0.1, 0.15) is 11.7 Å². The van der Waals surface area contributed by atoms with Gasteiger partial charge in [-0.2, -0.15) is 0 Å². The molecule has 0 amide bonds. The van der Waals surface area contributed by atoms with E-state index in [1.54, 1.807) is 7.11 Å². The van der Waals surface area contributed by atoms with Gasteiger partial charge in [-0.3, -0.25) is 0 Å². The minimum Gasteiger partial charge on any atom is -0.495 e. The molecule has 16 heavy (non-hydrogen) atoms.